The van der Waals surface area contributed by atoms with Crippen LogP contribution in [-0.2, 0) is 4.79 Å². The van der Waals surface area contributed by atoms with Crippen molar-refractivity contribution in [3.05, 3.63) is 90.2 Å². The minimum Gasteiger partial charge on any atom is -0.340 e. The van der Waals surface area contributed by atoms with Gasteiger partial charge >= 0.3 is 6.18 Å². The van der Waals surface area contributed by atoms with Crippen molar-refractivity contribution in [1.82, 2.24) is 9.97 Å². The van der Waals surface area contributed by atoms with Crippen LogP contribution >= 0.6 is 23.4 Å². The van der Waals surface area contributed by atoms with Crippen LogP contribution in [-0.4, -0.2) is 22.1 Å². The zero-order valence-corrected chi connectivity index (χ0v) is 18.9. The predicted molar refractivity (Wildman–Crippen MR) is 129 cm³/mol. The number of rotatable bonds is 6. The van der Waals surface area contributed by atoms with E-state index in [1.165, 1.54) is 6.33 Å². The molecule has 4 aromatic rings. The van der Waals surface area contributed by atoms with Gasteiger partial charge in [-0.25, -0.2) is 9.97 Å². The van der Waals surface area contributed by atoms with Crippen molar-refractivity contribution in [2.75, 3.05) is 10.6 Å². The molecule has 1 amide bonds. The smallest absolute Gasteiger partial charge is 0.340 e. The summed E-state index contributed by atoms with van der Waals surface area (Å²) in [7, 11) is 0. The minimum absolute atomic E-state index is 0.122. The number of nitrogens with zero attached hydrogens (tertiary/aromatic N) is 2. The first-order valence-corrected chi connectivity index (χ1v) is 11.1. The van der Waals surface area contributed by atoms with Crippen molar-refractivity contribution < 1.29 is 18.0 Å². The lowest BCUT2D eigenvalue weighted by Gasteiger charge is -2.12. The predicted octanol–water partition coefficient (Wildman–Crippen LogP) is 7.24. The second kappa shape index (κ2) is 10.1. The molecule has 0 bridgehead atoms. The second-order valence-corrected chi connectivity index (χ2v) is 8.53. The van der Waals surface area contributed by atoms with Gasteiger partial charge in [0.25, 0.3) is 0 Å². The number of alkyl halides is 3. The summed E-state index contributed by atoms with van der Waals surface area (Å²) < 4.78 is 36.8. The van der Waals surface area contributed by atoms with Crippen molar-refractivity contribution in [3.8, 4) is 0 Å². The van der Waals surface area contributed by atoms with E-state index < -0.39 is 12.1 Å². The molecule has 0 aliphatic rings. The lowest BCUT2D eigenvalue weighted by Crippen LogP contribution is -2.10. The molecule has 0 atom stereocenters. The van der Waals surface area contributed by atoms with Gasteiger partial charge in [0.15, 0.2) is 0 Å². The summed E-state index contributed by atoms with van der Waals surface area (Å²) >= 11 is 8.02. The number of allylic oxidation sites excluding steroid dienone is 1. The average Bonchev–Trinajstić information content (AvgIpc) is 2.80. The molecule has 172 valence electrons. The monoisotopic (exact) mass is 500 g/mol. The molecule has 10 heteroatoms. The van der Waals surface area contributed by atoms with Gasteiger partial charge in [-0.2, -0.15) is 13.2 Å². The number of aromatic nitrogens is 2. The summed E-state index contributed by atoms with van der Waals surface area (Å²) in [5.74, 6) is -0.451. The molecule has 0 fully saturated rings. The molecule has 0 aliphatic carbocycles. The maximum atomic E-state index is 12.3. The Bertz CT molecular complexity index is 1360. The largest absolute Gasteiger partial charge is 0.409 e. The topological polar surface area (TPSA) is 66.9 Å². The lowest BCUT2D eigenvalue weighted by molar-refractivity contribution is -0.112. The quantitative estimate of drug-likeness (QED) is 0.273. The number of fused-ring (bicyclic) bond motifs is 1. The average molecular weight is 501 g/mol. The van der Waals surface area contributed by atoms with Gasteiger partial charge in [-0.05, 0) is 48.5 Å². The van der Waals surface area contributed by atoms with Gasteiger partial charge in [-0.1, -0.05) is 41.6 Å². The highest BCUT2D eigenvalue weighted by atomic mass is 35.5. The molecule has 2 N–H and O–H groups in total. The minimum atomic E-state index is -4.57. The Balaban J connectivity index is 1.55. The van der Waals surface area contributed by atoms with Crippen LogP contribution in [0.2, 0.25) is 5.02 Å². The standard InChI is InChI=1S/C24H16ClF3N4OS/c25-19-13-16(7-9-21(19)34-17-4-2-1-3-5-17)32-23-18-12-15(6-8-20(18)29-14-30-23)31-22(33)10-11-24(26,27)28/h1-14H,(H,31,33)(H,29,30,32). The normalized spacial score (nSPS) is 11.6. The van der Waals surface area contributed by atoms with Crippen molar-refractivity contribution in [1.29, 1.82) is 0 Å². The Morgan fingerprint density at radius 2 is 1.74 bits per heavy atom. The lowest BCUT2D eigenvalue weighted by atomic mass is 10.2. The molecular weight excluding hydrogens is 485 g/mol. The third kappa shape index (κ3) is 6.27. The van der Waals surface area contributed by atoms with E-state index in [2.05, 4.69) is 20.6 Å². The first-order valence-electron chi connectivity index (χ1n) is 9.88. The fourth-order valence-electron chi connectivity index (χ4n) is 3.00. The molecule has 0 unspecified atom stereocenters. The Morgan fingerprint density at radius 3 is 2.47 bits per heavy atom. The Labute approximate surface area is 202 Å². The molecule has 0 saturated carbocycles. The summed E-state index contributed by atoms with van der Waals surface area (Å²) in [6.07, 6.45) is -2.87. The van der Waals surface area contributed by atoms with Gasteiger partial charge in [0, 0.05) is 38.7 Å². The Kier molecular flexibility index (Phi) is 7.04. The zero-order chi connectivity index (χ0) is 24.1. The summed E-state index contributed by atoms with van der Waals surface area (Å²) in [6, 6.07) is 20.1. The molecule has 0 saturated heterocycles. The van der Waals surface area contributed by atoms with Crippen LogP contribution in [0.5, 0.6) is 0 Å². The number of amides is 1. The highest BCUT2D eigenvalue weighted by Gasteiger charge is 2.22. The molecule has 4 rings (SSSR count). The van der Waals surface area contributed by atoms with Gasteiger partial charge in [-0.3, -0.25) is 4.79 Å². The summed E-state index contributed by atoms with van der Waals surface area (Å²) in [5, 5.41) is 6.71. The summed E-state index contributed by atoms with van der Waals surface area (Å²) in [4.78, 5) is 22.2. The van der Waals surface area contributed by atoms with Gasteiger partial charge in [0.05, 0.1) is 10.5 Å². The van der Waals surface area contributed by atoms with Crippen LogP contribution in [0.25, 0.3) is 10.9 Å². The number of benzene rings is 3. The van der Waals surface area contributed by atoms with Crippen LogP contribution in [0, 0.1) is 0 Å². The molecule has 5 nitrogen and oxygen atoms in total. The molecule has 0 aliphatic heterocycles. The highest BCUT2D eigenvalue weighted by molar-refractivity contribution is 7.99. The Morgan fingerprint density at radius 1 is 0.971 bits per heavy atom. The SMILES string of the molecule is O=C(C=CC(F)(F)F)Nc1ccc2ncnc(Nc3ccc(Sc4ccccc4)c(Cl)c3)c2c1. The van der Waals surface area contributed by atoms with Crippen molar-refractivity contribution >= 4 is 57.4 Å². The molecule has 0 radical (unpaired) electrons. The molecule has 0 spiro atoms. The van der Waals surface area contributed by atoms with E-state index in [1.54, 1.807) is 36.0 Å². The van der Waals surface area contributed by atoms with E-state index in [4.69, 9.17) is 11.6 Å². The number of anilines is 3. The summed E-state index contributed by atoms with van der Waals surface area (Å²) in [5.41, 5.74) is 1.57. The van der Waals surface area contributed by atoms with Crippen LogP contribution in [0.4, 0.5) is 30.4 Å². The number of hydrogen-bond acceptors (Lipinski definition) is 5. The van der Waals surface area contributed by atoms with E-state index in [9.17, 15) is 18.0 Å². The van der Waals surface area contributed by atoms with Crippen LogP contribution < -0.4 is 10.6 Å². The van der Waals surface area contributed by atoms with Gasteiger partial charge in [0.1, 0.15) is 12.1 Å². The van der Waals surface area contributed by atoms with E-state index in [1.807, 2.05) is 42.5 Å². The Hall–Kier alpha value is -3.56. The highest BCUT2D eigenvalue weighted by Crippen LogP contribution is 2.35. The van der Waals surface area contributed by atoms with Gasteiger partial charge in [-0.15, -0.1) is 0 Å². The third-order valence-corrected chi connectivity index (χ3v) is 6.00. The summed E-state index contributed by atoms with van der Waals surface area (Å²) in [6.45, 7) is 0. The fourth-order valence-corrected chi connectivity index (χ4v) is 4.14. The molecule has 3 aromatic carbocycles. The van der Waals surface area contributed by atoms with Crippen molar-refractivity contribution in [2.45, 2.75) is 16.0 Å². The van der Waals surface area contributed by atoms with Crippen molar-refractivity contribution in [2.24, 2.45) is 0 Å². The van der Waals surface area contributed by atoms with E-state index in [-0.39, 0.29) is 6.08 Å². The first kappa shape index (κ1) is 23.6. The second-order valence-electron chi connectivity index (χ2n) is 7.00. The number of carbonyl (C=O) groups excluding carboxylic acids is 1. The maximum absolute atomic E-state index is 12.3. The maximum Gasteiger partial charge on any atom is 0.409 e. The zero-order valence-electron chi connectivity index (χ0n) is 17.3. The molecule has 1 aromatic heterocycles. The third-order valence-electron chi connectivity index (χ3n) is 4.49. The van der Waals surface area contributed by atoms with Gasteiger partial charge < -0.3 is 10.6 Å². The fraction of sp³-hybridized carbons (Fsp3) is 0.0417. The number of nitrogens with one attached hydrogen (secondary N) is 2. The molecule has 34 heavy (non-hydrogen) atoms. The number of halogens is 4. The van der Waals surface area contributed by atoms with Gasteiger partial charge in [0.2, 0.25) is 5.91 Å². The number of carbonyl (C=O) groups is 1. The molecular formula is C24H16ClF3N4OS. The van der Waals surface area contributed by atoms with E-state index in [0.717, 1.165) is 9.79 Å². The number of hydrogen-bond donors (Lipinski definition) is 2. The van der Waals surface area contributed by atoms with E-state index >= 15 is 0 Å². The molecule has 1 heterocycles. The first-order chi connectivity index (χ1) is 16.3. The van der Waals surface area contributed by atoms with Crippen LogP contribution in [0.1, 0.15) is 0 Å². The van der Waals surface area contributed by atoms with Crippen LogP contribution in [0.3, 0.4) is 0 Å². The van der Waals surface area contributed by atoms with Crippen molar-refractivity contribution in [3.63, 3.8) is 0 Å². The van der Waals surface area contributed by atoms with Crippen LogP contribution in [0.15, 0.2) is 95.0 Å². The van der Waals surface area contributed by atoms with E-state index in [0.29, 0.717) is 39.2 Å².